The first-order valence-corrected chi connectivity index (χ1v) is 10.8. The fourth-order valence-electron chi connectivity index (χ4n) is 2.24. The lowest BCUT2D eigenvalue weighted by Crippen LogP contribution is -2.16. The second kappa shape index (κ2) is 21.7. The summed E-state index contributed by atoms with van der Waals surface area (Å²) in [5.74, 6) is 0.0552. The molecule has 0 N–H and O–H groups in total. The quantitative estimate of drug-likeness (QED) is 0.204. The van der Waals surface area contributed by atoms with E-state index >= 15 is 0 Å². The molecule has 0 aromatic heterocycles. The van der Waals surface area contributed by atoms with Crippen LogP contribution in [0, 0.1) is 0 Å². The van der Waals surface area contributed by atoms with Gasteiger partial charge in [0.2, 0.25) is 0 Å². The van der Waals surface area contributed by atoms with E-state index in [-0.39, 0.29) is 36.3 Å². The summed E-state index contributed by atoms with van der Waals surface area (Å²) in [6.07, 6.45) is 2.65. The molecule has 0 aliphatic carbocycles. The van der Waals surface area contributed by atoms with Crippen LogP contribution in [0.25, 0.3) is 0 Å². The first kappa shape index (κ1) is 29.5. The highest BCUT2D eigenvalue weighted by molar-refractivity contribution is 5.81. The molecule has 0 heterocycles. The Morgan fingerprint density at radius 3 is 1.16 bits per heavy atom. The number of ether oxygens (including phenoxy) is 5. The average Bonchev–Trinajstić information content (AvgIpc) is 2.70. The van der Waals surface area contributed by atoms with Gasteiger partial charge in [0.15, 0.2) is 11.6 Å². The summed E-state index contributed by atoms with van der Waals surface area (Å²) < 4.78 is 26.3. The van der Waals surface area contributed by atoms with E-state index in [9.17, 15) is 19.2 Å². The lowest BCUT2D eigenvalue weighted by molar-refractivity contribution is -0.129. The number of hydrogen-bond donors (Lipinski definition) is 0. The molecule has 0 spiro atoms. The fraction of sp³-hybridized carbons (Fsp3) is 0.818. The van der Waals surface area contributed by atoms with E-state index in [4.69, 9.17) is 23.7 Å². The van der Waals surface area contributed by atoms with Crippen LogP contribution >= 0.6 is 0 Å². The van der Waals surface area contributed by atoms with Gasteiger partial charge in [-0.2, -0.15) is 0 Å². The second-order valence-electron chi connectivity index (χ2n) is 7.13. The minimum Gasteiger partial charge on any atom is -0.379 e. The van der Waals surface area contributed by atoms with Crippen LogP contribution < -0.4 is 0 Å². The van der Waals surface area contributed by atoms with Crippen LogP contribution in [-0.2, 0) is 42.9 Å². The van der Waals surface area contributed by atoms with Gasteiger partial charge in [-0.15, -0.1) is 0 Å². The zero-order valence-corrected chi connectivity index (χ0v) is 19.0. The van der Waals surface area contributed by atoms with E-state index in [0.29, 0.717) is 91.4 Å². The maximum atomic E-state index is 11.7. The first-order valence-electron chi connectivity index (χ1n) is 10.8. The smallest absolute Gasteiger partial charge is 0.158 e. The summed E-state index contributed by atoms with van der Waals surface area (Å²) in [5, 5.41) is 0. The standard InChI is InChI=1S/C22H38O9/c1-19(23)7-11-29-15-13-27-9-3-5-21(25)17-31-18-22(26)6-4-10-28-14-16-30-12-8-20(2)24/h3-18H2,1-2H3. The van der Waals surface area contributed by atoms with Gasteiger partial charge in [-0.3, -0.25) is 19.2 Å². The Hall–Kier alpha value is -1.52. The molecule has 0 unspecified atom stereocenters. The molecule has 0 rings (SSSR count). The predicted octanol–water partition coefficient (Wildman–Crippen LogP) is 1.73. The van der Waals surface area contributed by atoms with Crippen molar-refractivity contribution in [2.24, 2.45) is 0 Å². The molecular weight excluding hydrogens is 408 g/mol. The number of ketones is 4. The van der Waals surface area contributed by atoms with E-state index in [1.54, 1.807) is 0 Å². The van der Waals surface area contributed by atoms with Crippen LogP contribution in [-0.4, -0.2) is 89.2 Å². The van der Waals surface area contributed by atoms with Crippen molar-refractivity contribution in [3.05, 3.63) is 0 Å². The van der Waals surface area contributed by atoms with Gasteiger partial charge in [0.25, 0.3) is 0 Å². The molecule has 0 saturated heterocycles. The Morgan fingerprint density at radius 1 is 0.452 bits per heavy atom. The molecular formula is C22H38O9. The highest BCUT2D eigenvalue weighted by Crippen LogP contribution is 1.97. The van der Waals surface area contributed by atoms with Crippen molar-refractivity contribution >= 4 is 23.1 Å². The van der Waals surface area contributed by atoms with Crippen molar-refractivity contribution in [1.29, 1.82) is 0 Å². The molecule has 9 heteroatoms. The lowest BCUT2D eigenvalue weighted by atomic mass is 10.2. The van der Waals surface area contributed by atoms with Gasteiger partial charge in [0.05, 0.1) is 39.6 Å². The lowest BCUT2D eigenvalue weighted by Gasteiger charge is -2.06. The Bertz CT molecular complexity index is 461. The van der Waals surface area contributed by atoms with Crippen LogP contribution in [0.2, 0.25) is 0 Å². The number of rotatable bonds is 24. The van der Waals surface area contributed by atoms with E-state index in [1.165, 1.54) is 13.8 Å². The Balaban J connectivity index is 3.35. The molecule has 0 atom stereocenters. The van der Waals surface area contributed by atoms with Crippen molar-refractivity contribution in [2.75, 3.05) is 66.1 Å². The van der Waals surface area contributed by atoms with E-state index < -0.39 is 0 Å². The molecule has 0 aromatic carbocycles. The summed E-state index contributed by atoms with van der Waals surface area (Å²) in [5.41, 5.74) is 0. The van der Waals surface area contributed by atoms with E-state index in [0.717, 1.165) is 0 Å². The molecule has 180 valence electrons. The molecule has 0 saturated carbocycles. The van der Waals surface area contributed by atoms with Gasteiger partial charge in [-0.1, -0.05) is 0 Å². The Kier molecular flexibility index (Phi) is 20.6. The highest BCUT2D eigenvalue weighted by atomic mass is 16.5. The van der Waals surface area contributed by atoms with Crippen molar-refractivity contribution in [2.45, 2.75) is 52.4 Å². The zero-order chi connectivity index (χ0) is 23.2. The summed E-state index contributed by atoms with van der Waals surface area (Å²) in [6.45, 7) is 6.28. The van der Waals surface area contributed by atoms with Crippen molar-refractivity contribution < 1.29 is 42.9 Å². The largest absolute Gasteiger partial charge is 0.379 e. The Labute approximate surface area is 185 Å². The van der Waals surface area contributed by atoms with Crippen molar-refractivity contribution in [1.82, 2.24) is 0 Å². The molecule has 0 bridgehead atoms. The molecule has 31 heavy (non-hydrogen) atoms. The van der Waals surface area contributed by atoms with Gasteiger partial charge < -0.3 is 23.7 Å². The summed E-state index contributed by atoms with van der Waals surface area (Å²) >= 11 is 0. The van der Waals surface area contributed by atoms with Crippen LogP contribution in [0.1, 0.15) is 52.4 Å². The minimum absolute atomic E-state index is 0.0674. The van der Waals surface area contributed by atoms with Gasteiger partial charge in [0, 0.05) is 38.9 Å². The number of carbonyl (C=O) groups excluding carboxylic acids is 4. The first-order chi connectivity index (χ1) is 14.9. The van der Waals surface area contributed by atoms with Gasteiger partial charge >= 0.3 is 0 Å². The monoisotopic (exact) mass is 446 g/mol. The predicted molar refractivity (Wildman–Crippen MR) is 113 cm³/mol. The summed E-state index contributed by atoms with van der Waals surface area (Å²) in [6, 6.07) is 0. The van der Waals surface area contributed by atoms with Crippen LogP contribution in [0.15, 0.2) is 0 Å². The molecule has 0 fully saturated rings. The SMILES string of the molecule is CC(=O)CCOCCOCCCC(=O)COCC(=O)CCCOCCOCCC(C)=O. The molecule has 0 aliphatic heterocycles. The summed E-state index contributed by atoms with van der Waals surface area (Å²) in [7, 11) is 0. The average molecular weight is 447 g/mol. The molecule has 0 radical (unpaired) electrons. The zero-order valence-electron chi connectivity index (χ0n) is 19.0. The van der Waals surface area contributed by atoms with Crippen molar-refractivity contribution in [3.63, 3.8) is 0 Å². The van der Waals surface area contributed by atoms with Gasteiger partial charge in [-0.25, -0.2) is 0 Å². The van der Waals surface area contributed by atoms with E-state index in [2.05, 4.69) is 0 Å². The topological polar surface area (TPSA) is 114 Å². The maximum absolute atomic E-state index is 11.7. The number of Topliss-reactive ketones (excluding diaryl/α,β-unsaturated/α-hetero) is 4. The molecule has 9 nitrogen and oxygen atoms in total. The van der Waals surface area contributed by atoms with Crippen LogP contribution in [0.4, 0.5) is 0 Å². The van der Waals surface area contributed by atoms with E-state index in [1.807, 2.05) is 0 Å². The third-order valence-corrected chi connectivity index (χ3v) is 3.96. The number of carbonyl (C=O) groups is 4. The van der Waals surface area contributed by atoms with Gasteiger partial charge in [-0.05, 0) is 26.7 Å². The van der Waals surface area contributed by atoms with Crippen LogP contribution in [0.5, 0.6) is 0 Å². The third-order valence-electron chi connectivity index (χ3n) is 3.96. The van der Waals surface area contributed by atoms with Gasteiger partial charge in [0.1, 0.15) is 24.8 Å². The summed E-state index contributed by atoms with van der Waals surface area (Å²) in [4.78, 5) is 44.9. The number of hydrogen-bond acceptors (Lipinski definition) is 9. The molecule has 0 aromatic rings. The van der Waals surface area contributed by atoms with Crippen molar-refractivity contribution in [3.8, 4) is 0 Å². The fourth-order valence-corrected chi connectivity index (χ4v) is 2.24. The molecule has 0 amide bonds. The third kappa shape index (κ3) is 24.6. The maximum Gasteiger partial charge on any atom is 0.158 e. The highest BCUT2D eigenvalue weighted by Gasteiger charge is 2.06. The second-order valence-corrected chi connectivity index (χ2v) is 7.13. The molecule has 0 aliphatic rings. The minimum atomic E-state index is -0.0754. The normalized spacial score (nSPS) is 10.9. The Morgan fingerprint density at radius 2 is 0.806 bits per heavy atom. The van der Waals surface area contributed by atoms with Crippen LogP contribution in [0.3, 0.4) is 0 Å².